The Labute approximate surface area is 151 Å². The van der Waals surface area contributed by atoms with Gasteiger partial charge in [-0.1, -0.05) is 12.1 Å². The second kappa shape index (κ2) is 8.02. The Morgan fingerprint density at radius 3 is 2.84 bits per heavy atom. The van der Waals surface area contributed by atoms with Crippen molar-refractivity contribution >= 4 is 29.1 Å². The fraction of sp³-hybridized carbons (Fsp3) is 0.278. The molecule has 0 saturated heterocycles. The molecule has 3 rings (SSSR count). The van der Waals surface area contributed by atoms with Crippen LogP contribution in [-0.4, -0.2) is 33.1 Å². The molecule has 0 unspecified atom stereocenters. The van der Waals surface area contributed by atoms with Crippen molar-refractivity contribution in [3.8, 4) is 0 Å². The number of carbonyl (C=O) groups excluding carboxylic acids is 1. The number of thioether (sulfide) groups is 1. The molecule has 2 N–H and O–H groups in total. The number of nitrogens with one attached hydrogen (secondary N) is 2. The third-order valence-corrected chi connectivity index (χ3v) is 4.64. The summed E-state index contributed by atoms with van der Waals surface area (Å²) in [5.41, 5.74) is 2.78. The maximum absolute atomic E-state index is 12.0. The molecule has 6 nitrogen and oxygen atoms in total. The van der Waals surface area contributed by atoms with E-state index in [1.807, 2.05) is 35.9 Å². The molecule has 0 bridgehead atoms. The summed E-state index contributed by atoms with van der Waals surface area (Å²) in [6.07, 6.45) is 7.74. The number of amides is 1. The molecule has 1 amide bonds. The summed E-state index contributed by atoms with van der Waals surface area (Å²) in [5.74, 6) is 0.924. The summed E-state index contributed by atoms with van der Waals surface area (Å²) in [5, 5.41) is 6.24. The van der Waals surface area contributed by atoms with Crippen molar-refractivity contribution in [1.29, 1.82) is 0 Å². The first-order valence-corrected chi connectivity index (χ1v) is 9.32. The molecular formula is C18H21N5OS. The highest BCUT2D eigenvalue weighted by atomic mass is 32.2. The van der Waals surface area contributed by atoms with E-state index in [1.165, 1.54) is 4.90 Å². The van der Waals surface area contributed by atoms with Crippen molar-refractivity contribution in [1.82, 2.24) is 19.7 Å². The Balaban J connectivity index is 1.48. The molecule has 3 aromatic rings. The highest BCUT2D eigenvalue weighted by Gasteiger charge is 2.08. The maximum Gasteiger partial charge on any atom is 0.222 e. The molecule has 0 spiro atoms. The summed E-state index contributed by atoms with van der Waals surface area (Å²) in [4.78, 5) is 21.7. The Morgan fingerprint density at radius 1 is 1.28 bits per heavy atom. The van der Waals surface area contributed by atoms with Crippen LogP contribution in [0.5, 0.6) is 0 Å². The normalized spacial score (nSPS) is 10.8. The molecular weight excluding hydrogens is 334 g/mol. The zero-order chi connectivity index (χ0) is 17.6. The van der Waals surface area contributed by atoms with Gasteiger partial charge < -0.3 is 10.6 Å². The number of fused-ring (bicyclic) bond motifs is 1. The highest BCUT2D eigenvalue weighted by Crippen LogP contribution is 2.16. The number of aromatic nitrogens is 3. The average molecular weight is 355 g/mol. The molecule has 2 heterocycles. The SMILES string of the molecule is CSc1ccc(CNC(=O)CCNc2c(C)nc3cnccn23)cc1. The van der Waals surface area contributed by atoms with Crippen LogP contribution in [0.1, 0.15) is 17.7 Å². The van der Waals surface area contributed by atoms with E-state index in [1.54, 1.807) is 24.2 Å². The van der Waals surface area contributed by atoms with Crippen molar-refractivity contribution in [3.05, 3.63) is 54.1 Å². The fourth-order valence-electron chi connectivity index (χ4n) is 2.56. The van der Waals surface area contributed by atoms with E-state index in [0.29, 0.717) is 19.5 Å². The first-order chi connectivity index (χ1) is 12.2. The predicted molar refractivity (Wildman–Crippen MR) is 101 cm³/mol. The molecule has 0 saturated carbocycles. The van der Waals surface area contributed by atoms with E-state index in [2.05, 4.69) is 32.7 Å². The largest absolute Gasteiger partial charge is 0.369 e. The molecule has 130 valence electrons. The molecule has 0 aliphatic rings. The van der Waals surface area contributed by atoms with E-state index in [0.717, 1.165) is 22.7 Å². The third kappa shape index (κ3) is 4.30. The van der Waals surface area contributed by atoms with Gasteiger partial charge in [0.1, 0.15) is 5.82 Å². The van der Waals surface area contributed by atoms with Gasteiger partial charge in [-0.2, -0.15) is 0 Å². The number of aryl methyl sites for hydroxylation is 1. The van der Waals surface area contributed by atoms with Crippen molar-refractivity contribution in [2.75, 3.05) is 18.1 Å². The van der Waals surface area contributed by atoms with Crippen molar-refractivity contribution in [2.45, 2.75) is 24.8 Å². The van der Waals surface area contributed by atoms with E-state index in [4.69, 9.17) is 0 Å². The van der Waals surface area contributed by atoms with E-state index < -0.39 is 0 Å². The summed E-state index contributed by atoms with van der Waals surface area (Å²) in [6, 6.07) is 8.21. The lowest BCUT2D eigenvalue weighted by molar-refractivity contribution is -0.121. The number of carbonyl (C=O) groups is 1. The van der Waals surface area contributed by atoms with Crippen LogP contribution in [0.3, 0.4) is 0 Å². The lowest BCUT2D eigenvalue weighted by Gasteiger charge is -2.08. The van der Waals surface area contributed by atoms with Gasteiger partial charge in [0.15, 0.2) is 5.65 Å². The number of nitrogens with zero attached hydrogens (tertiary/aromatic N) is 3. The molecule has 2 aromatic heterocycles. The molecule has 0 aliphatic heterocycles. The van der Waals surface area contributed by atoms with E-state index in [9.17, 15) is 4.79 Å². The van der Waals surface area contributed by atoms with E-state index >= 15 is 0 Å². The minimum atomic E-state index is 0.0228. The zero-order valence-electron chi connectivity index (χ0n) is 14.3. The minimum Gasteiger partial charge on any atom is -0.369 e. The number of benzene rings is 1. The Kier molecular flexibility index (Phi) is 5.55. The quantitative estimate of drug-likeness (QED) is 0.638. The number of hydrogen-bond acceptors (Lipinski definition) is 5. The number of rotatable bonds is 7. The third-order valence-electron chi connectivity index (χ3n) is 3.90. The maximum atomic E-state index is 12.0. The predicted octanol–water partition coefficient (Wildman–Crippen LogP) is 2.88. The Hall–Kier alpha value is -2.54. The standard InChI is InChI=1S/C18H21N5OS/c1-13-18(23-10-9-19-12-16(23)22-13)20-8-7-17(24)21-11-14-3-5-15(25-2)6-4-14/h3-6,9-10,12,20H,7-8,11H2,1-2H3,(H,21,24). The van der Waals surface area contributed by atoms with Gasteiger partial charge in [-0.25, -0.2) is 4.98 Å². The zero-order valence-corrected chi connectivity index (χ0v) is 15.1. The topological polar surface area (TPSA) is 71.3 Å². The summed E-state index contributed by atoms with van der Waals surface area (Å²) in [7, 11) is 0. The van der Waals surface area contributed by atoms with Crippen LogP contribution in [0.2, 0.25) is 0 Å². The van der Waals surface area contributed by atoms with Gasteiger partial charge in [-0.3, -0.25) is 14.2 Å². The lowest BCUT2D eigenvalue weighted by Crippen LogP contribution is -2.25. The first-order valence-electron chi connectivity index (χ1n) is 8.09. The molecule has 0 atom stereocenters. The van der Waals surface area contributed by atoms with Gasteiger partial charge in [0.05, 0.1) is 11.9 Å². The fourth-order valence-corrected chi connectivity index (χ4v) is 2.97. The number of imidazole rings is 1. The van der Waals surface area contributed by atoms with Gasteiger partial charge in [0.2, 0.25) is 5.91 Å². The smallest absolute Gasteiger partial charge is 0.222 e. The minimum absolute atomic E-state index is 0.0228. The Morgan fingerprint density at radius 2 is 2.08 bits per heavy atom. The van der Waals surface area contributed by atoms with Gasteiger partial charge >= 0.3 is 0 Å². The van der Waals surface area contributed by atoms with Crippen LogP contribution >= 0.6 is 11.8 Å². The summed E-state index contributed by atoms with van der Waals surface area (Å²) >= 11 is 1.71. The van der Waals surface area contributed by atoms with Gasteiger partial charge in [0.25, 0.3) is 0 Å². The molecule has 0 radical (unpaired) electrons. The van der Waals surface area contributed by atoms with Gasteiger partial charge in [-0.15, -0.1) is 11.8 Å². The van der Waals surface area contributed by atoms with Crippen molar-refractivity contribution < 1.29 is 4.79 Å². The van der Waals surface area contributed by atoms with Crippen LogP contribution in [0.25, 0.3) is 5.65 Å². The van der Waals surface area contributed by atoms with Crippen molar-refractivity contribution in [3.63, 3.8) is 0 Å². The van der Waals surface area contributed by atoms with Crippen molar-refractivity contribution in [2.24, 2.45) is 0 Å². The molecule has 7 heteroatoms. The average Bonchev–Trinajstić information content (AvgIpc) is 2.96. The van der Waals surface area contributed by atoms with Crippen LogP contribution in [-0.2, 0) is 11.3 Å². The molecule has 0 aliphatic carbocycles. The van der Waals surface area contributed by atoms with Crippen LogP contribution in [0.4, 0.5) is 5.82 Å². The lowest BCUT2D eigenvalue weighted by atomic mass is 10.2. The number of hydrogen-bond donors (Lipinski definition) is 2. The summed E-state index contributed by atoms with van der Waals surface area (Å²) in [6.45, 7) is 3.04. The Bertz CT molecular complexity index is 860. The summed E-state index contributed by atoms with van der Waals surface area (Å²) < 4.78 is 1.94. The second-order valence-corrected chi connectivity index (χ2v) is 6.53. The van der Waals surface area contributed by atoms with Crippen LogP contribution in [0.15, 0.2) is 47.8 Å². The monoisotopic (exact) mass is 355 g/mol. The highest BCUT2D eigenvalue weighted by molar-refractivity contribution is 7.98. The number of anilines is 1. The van der Waals surface area contributed by atoms with Gasteiger partial charge in [-0.05, 0) is 30.9 Å². The van der Waals surface area contributed by atoms with E-state index in [-0.39, 0.29) is 5.91 Å². The van der Waals surface area contributed by atoms with Gasteiger partial charge in [0, 0.05) is 36.8 Å². The first kappa shape index (κ1) is 17.3. The molecule has 1 aromatic carbocycles. The van der Waals surface area contributed by atoms with Crippen LogP contribution < -0.4 is 10.6 Å². The molecule has 25 heavy (non-hydrogen) atoms. The van der Waals surface area contributed by atoms with Crippen LogP contribution in [0, 0.1) is 6.92 Å². The molecule has 0 fully saturated rings. The second-order valence-electron chi connectivity index (χ2n) is 5.65.